The van der Waals surface area contributed by atoms with Gasteiger partial charge in [0.2, 0.25) is 5.89 Å². The Bertz CT molecular complexity index is 798. The Morgan fingerprint density at radius 2 is 2.07 bits per heavy atom. The van der Waals surface area contributed by atoms with Crippen LogP contribution in [-0.2, 0) is 0 Å². The zero-order chi connectivity index (χ0) is 18.8. The molecular weight excluding hydrogens is 401 g/mol. The normalized spacial score (nSPS) is 23.3. The number of halogens is 2. The lowest BCUT2D eigenvalue weighted by Crippen LogP contribution is -2.44. The Labute approximate surface area is 175 Å². The number of hydrogen-bond acceptors (Lipinski definition) is 6. The number of likely N-dealkylation sites (tertiary alicyclic amines) is 1. The van der Waals surface area contributed by atoms with E-state index in [9.17, 15) is 4.79 Å². The van der Waals surface area contributed by atoms with Gasteiger partial charge in [0, 0.05) is 43.3 Å². The standard InChI is InChI=1S/C19H24ClN5O2.ClH/c1-24-10-8-21-11-16(24)17-22-18(27-23-17)14-3-2-9-25(12-14)19(26)13-4-6-15(20)7-5-13;/h4-7,14,16,21H,2-3,8-12H2,1H3;1H. The van der Waals surface area contributed by atoms with Crippen LogP contribution in [0.4, 0.5) is 0 Å². The van der Waals surface area contributed by atoms with Crippen LogP contribution in [0.3, 0.4) is 0 Å². The van der Waals surface area contributed by atoms with Gasteiger partial charge >= 0.3 is 0 Å². The molecule has 0 saturated carbocycles. The first-order valence-electron chi connectivity index (χ1n) is 9.41. The lowest BCUT2D eigenvalue weighted by molar-refractivity contribution is 0.0695. The first-order chi connectivity index (χ1) is 13.1. The van der Waals surface area contributed by atoms with Crippen molar-refractivity contribution in [2.75, 3.05) is 39.8 Å². The molecule has 2 aliphatic rings. The highest BCUT2D eigenvalue weighted by molar-refractivity contribution is 6.30. The number of hydrogen-bond donors (Lipinski definition) is 1. The van der Waals surface area contributed by atoms with Crippen molar-refractivity contribution in [3.63, 3.8) is 0 Å². The summed E-state index contributed by atoms with van der Waals surface area (Å²) in [4.78, 5) is 21.6. The van der Waals surface area contributed by atoms with Gasteiger partial charge in [-0.2, -0.15) is 4.98 Å². The summed E-state index contributed by atoms with van der Waals surface area (Å²) in [7, 11) is 2.08. The number of nitrogens with zero attached hydrogens (tertiary/aromatic N) is 4. The quantitative estimate of drug-likeness (QED) is 0.814. The van der Waals surface area contributed by atoms with Crippen molar-refractivity contribution in [3.8, 4) is 0 Å². The molecule has 1 amide bonds. The third-order valence-corrected chi connectivity index (χ3v) is 5.67. The van der Waals surface area contributed by atoms with Crippen molar-refractivity contribution in [1.82, 2.24) is 25.3 Å². The molecule has 0 spiro atoms. The van der Waals surface area contributed by atoms with E-state index in [0.717, 1.165) is 44.8 Å². The second kappa shape index (κ2) is 9.22. The topological polar surface area (TPSA) is 74.5 Å². The Balaban J connectivity index is 0.00000225. The van der Waals surface area contributed by atoms with Crippen molar-refractivity contribution in [2.45, 2.75) is 24.8 Å². The predicted molar refractivity (Wildman–Crippen MR) is 109 cm³/mol. The summed E-state index contributed by atoms with van der Waals surface area (Å²) in [6.45, 7) is 4.10. The number of aromatic nitrogens is 2. The molecular formula is C19H25Cl2N5O2. The van der Waals surface area contributed by atoms with E-state index < -0.39 is 0 Å². The maximum Gasteiger partial charge on any atom is 0.253 e. The fraction of sp³-hybridized carbons (Fsp3) is 0.526. The Morgan fingerprint density at radius 1 is 1.29 bits per heavy atom. The number of likely N-dealkylation sites (N-methyl/N-ethyl adjacent to an activating group) is 1. The molecule has 1 aromatic heterocycles. The fourth-order valence-electron chi connectivity index (χ4n) is 3.78. The van der Waals surface area contributed by atoms with E-state index in [1.54, 1.807) is 24.3 Å². The molecule has 152 valence electrons. The molecule has 2 aromatic rings. The van der Waals surface area contributed by atoms with E-state index in [0.29, 0.717) is 23.0 Å². The monoisotopic (exact) mass is 425 g/mol. The van der Waals surface area contributed by atoms with Gasteiger partial charge in [0.1, 0.15) is 0 Å². The smallest absolute Gasteiger partial charge is 0.253 e. The van der Waals surface area contributed by atoms with Crippen LogP contribution < -0.4 is 5.32 Å². The molecule has 3 heterocycles. The molecule has 2 atom stereocenters. The average Bonchev–Trinajstić information content (AvgIpc) is 3.18. The van der Waals surface area contributed by atoms with Crippen LogP contribution in [0.25, 0.3) is 0 Å². The lowest BCUT2D eigenvalue weighted by Gasteiger charge is -2.31. The van der Waals surface area contributed by atoms with Gasteiger partial charge in [0.25, 0.3) is 5.91 Å². The first-order valence-corrected chi connectivity index (χ1v) is 9.79. The van der Waals surface area contributed by atoms with Crippen LogP contribution >= 0.6 is 24.0 Å². The second-order valence-corrected chi connectivity index (χ2v) is 7.72. The molecule has 7 nitrogen and oxygen atoms in total. The van der Waals surface area contributed by atoms with Crippen molar-refractivity contribution in [2.24, 2.45) is 0 Å². The molecule has 2 unspecified atom stereocenters. The van der Waals surface area contributed by atoms with Gasteiger partial charge in [-0.3, -0.25) is 9.69 Å². The van der Waals surface area contributed by atoms with E-state index in [-0.39, 0.29) is 30.3 Å². The zero-order valence-electron chi connectivity index (χ0n) is 15.8. The number of nitrogens with one attached hydrogen (secondary N) is 1. The van der Waals surface area contributed by atoms with Gasteiger partial charge in [-0.05, 0) is 44.2 Å². The Kier molecular flexibility index (Phi) is 6.93. The summed E-state index contributed by atoms with van der Waals surface area (Å²) in [5, 5.41) is 8.22. The molecule has 2 fully saturated rings. The number of amides is 1. The zero-order valence-corrected chi connectivity index (χ0v) is 17.4. The predicted octanol–water partition coefficient (Wildman–Crippen LogP) is 2.74. The Hall–Kier alpha value is -1.67. The maximum absolute atomic E-state index is 12.8. The molecule has 4 rings (SSSR count). The number of benzene rings is 1. The summed E-state index contributed by atoms with van der Waals surface area (Å²) in [5.41, 5.74) is 0.654. The van der Waals surface area contributed by atoms with E-state index in [1.165, 1.54) is 0 Å². The van der Waals surface area contributed by atoms with Crippen LogP contribution in [-0.4, -0.2) is 65.6 Å². The number of piperazine rings is 1. The average molecular weight is 426 g/mol. The van der Waals surface area contributed by atoms with E-state index in [4.69, 9.17) is 16.1 Å². The summed E-state index contributed by atoms with van der Waals surface area (Å²) < 4.78 is 5.58. The van der Waals surface area contributed by atoms with E-state index >= 15 is 0 Å². The highest BCUT2D eigenvalue weighted by Crippen LogP contribution is 2.28. The second-order valence-electron chi connectivity index (χ2n) is 7.29. The third-order valence-electron chi connectivity index (χ3n) is 5.42. The van der Waals surface area contributed by atoms with Crippen LogP contribution in [0.15, 0.2) is 28.8 Å². The minimum absolute atomic E-state index is 0. The number of carbonyl (C=O) groups is 1. The summed E-state index contributed by atoms with van der Waals surface area (Å²) in [6.07, 6.45) is 1.87. The summed E-state index contributed by atoms with van der Waals surface area (Å²) >= 11 is 5.92. The fourth-order valence-corrected chi connectivity index (χ4v) is 3.91. The van der Waals surface area contributed by atoms with Crippen LogP contribution in [0.2, 0.25) is 5.02 Å². The third kappa shape index (κ3) is 4.49. The van der Waals surface area contributed by atoms with Crippen molar-refractivity contribution < 1.29 is 9.32 Å². The first kappa shape index (κ1) is 21.0. The molecule has 1 aromatic carbocycles. The van der Waals surface area contributed by atoms with Gasteiger partial charge in [-0.25, -0.2) is 0 Å². The lowest BCUT2D eigenvalue weighted by atomic mass is 9.97. The van der Waals surface area contributed by atoms with Crippen molar-refractivity contribution in [1.29, 1.82) is 0 Å². The van der Waals surface area contributed by atoms with Gasteiger partial charge in [-0.1, -0.05) is 16.8 Å². The molecule has 2 saturated heterocycles. The molecule has 9 heteroatoms. The summed E-state index contributed by atoms with van der Waals surface area (Å²) in [6, 6.07) is 7.16. The van der Waals surface area contributed by atoms with Gasteiger partial charge < -0.3 is 14.7 Å². The minimum atomic E-state index is 0. The largest absolute Gasteiger partial charge is 0.339 e. The van der Waals surface area contributed by atoms with Gasteiger partial charge in [-0.15, -0.1) is 12.4 Å². The molecule has 0 bridgehead atoms. The van der Waals surface area contributed by atoms with Crippen LogP contribution in [0.5, 0.6) is 0 Å². The highest BCUT2D eigenvalue weighted by atomic mass is 35.5. The van der Waals surface area contributed by atoms with Crippen molar-refractivity contribution in [3.05, 3.63) is 46.6 Å². The summed E-state index contributed by atoms with van der Waals surface area (Å²) in [5.74, 6) is 1.46. The SMILES string of the molecule is CN1CCNCC1c1noc(C2CCCN(C(=O)c3ccc(Cl)cc3)C2)n1.Cl. The molecule has 28 heavy (non-hydrogen) atoms. The number of piperidine rings is 1. The highest BCUT2D eigenvalue weighted by Gasteiger charge is 2.31. The minimum Gasteiger partial charge on any atom is -0.339 e. The van der Waals surface area contributed by atoms with Crippen LogP contribution in [0, 0.1) is 0 Å². The molecule has 0 radical (unpaired) electrons. The van der Waals surface area contributed by atoms with E-state index in [1.807, 2.05) is 4.90 Å². The number of carbonyl (C=O) groups excluding carboxylic acids is 1. The number of rotatable bonds is 3. The molecule has 1 N–H and O–H groups in total. The van der Waals surface area contributed by atoms with Gasteiger partial charge in [0.15, 0.2) is 5.82 Å². The maximum atomic E-state index is 12.8. The van der Waals surface area contributed by atoms with Crippen molar-refractivity contribution >= 4 is 29.9 Å². The Morgan fingerprint density at radius 3 is 2.82 bits per heavy atom. The molecule has 2 aliphatic heterocycles. The molecule has 0 aliphatic carbocycles. The van der Waals surface area contributed by atoms with Crippen LogP contribution in [0.1, 0.15) is 46.9 Å². The van der Waals surface area contributed by atoms with Gasteiger partial charge in [0.05, 0.1) is 12.0 Å². The van der Waals surface area contributed by atoms with E-state index in [2.05, 4.69) is 27.4 Å².